The van der Waals surface area contributed by atoms with Gasteiger partial charge in [0.1, 0.15) is 0 Å². The molecule has 6 heteroatoms. The van der Waals surface area contributed by atoms with Gasteiger partial charge in [-0.3, -0.25) is 9.59 Å². The van der Waals surface area contributed by atoms with Crippen LogP contribution in [0.2, 0.25) is 0 Å². The number of nitrogens with zero attached hydrogens (tertiary/aromatic N) is 1. The number of halogens is 1. The average Bonchev–Trinajstić information content (AvgIpc) is 2.67. The molecule has 4 saturated carbocycles. The molecular formula is C15H18ClNO4. The molecule has 0 N–H and O–H groups in total. The number of hydrogen-bond donors (Lipinski definition) is 0. The molecule has 4 aliphatic carbocycles. The van der Waals surface area contributed by atoms with Crippen LogP contribution in [0.25, 0.3) is 0 Å². The summed E-state index contributed by atoms with van der Waals surface area (Å²) in [7, 11) is 0. The van der Waals surface area contributed by atoms with Crippen molar-refractivity contribution in [1.29, 1.82) is 0 Å². The fourth-order valence-corrected chi connectivity index (χ4v) is 5.92. The molecule has 0 radical (unpaired) electrons. The van der Waals surface area contributed by atoms with Gasteiger partial charge in [-0.25, -0.2) is 4.79 Å². The smallest absolute Gasteiger partial charge is 0.330 e. The second-order valence-electron chi connectivity index (χ2n) is 7.35. The average molecular weight is 312 g/mol. The lowest BCUT2D eigenvalue weighted by atomic mass is 9.49. The first-order valence-electron chi connectivity index (χ1n) is 7.66. The Labute approximate surface area is 127 Å². The third-order valence-electron chi connectivity index (χ3n) is 5.60. The maximum absolute atomic E-state index is 12.7. The van der Waals surface area contributed by atoms with Crippen molar-refractivity contribution in [3.8, 4) is 0 Å². The van der Waals surface area contributed by atoms with Gasteiger partial charge < -0.3 is 4.84 Å². The standard InChI is InChI=1S/C15H18ClNO4/c16-15-6-9-3-10(7-15)5-14(4-9,8-15)13(20)21-17-11(18)1-2-12(17)19/h9-10H,1-8H2. The van der Waals surface area contributed by atoms with Crippen molar-refractivity contribution in [1.82, 2.24) is 5.06 Å². The van der Waals surface area contributed by atoms with E-state index in [-0.39, 0.29) is 17.7 Å². The molecule has 4 bridgehead atoms. The van der Waals surface area contributed by atoms with Crippen LogP contribution in [0.4, 0.5) is 0 Å². The highest BCUT2D eigenvalue weighted by Crippen LogP contribution is 2.64. The van der Waals surface area contributed by atoms with E-state index in [0.29, 0.717) is 23.3 Å². The van der Waals surface area contributed by atoms with E-state index in [1.807, 2.05) is 0 Å². The highest BCUT2D eigenvalue weighted by atomic mass is 35.5. The number of amides is 2. The van der Waals surface area contributed by atoms with Crippen molar-refractivity contribution in [2.75, 3.05) is 0 Å². The van der Waals surface area contributed by atoms with E-state index < -0.39 is 23.2 Å². The summed E-state index contributed by atoms with van der Waals surface area (Å²) in [5.74, 6) is -0.315. The molecule has 2 amide bonds. The molecule has 1 saturated heterocycles. The zero-order chi connectivity index (χ0) is 14.8. The van der Waals surface area contributed by atoms with E-state index in [2.05, 4.69) is 0 Å². The summed E-state index contributed by atoms with van der Waals surface area (Å²) in [6, 6.07) is 0. The molecule has 5 rings (SSSR count). The molecule has 0 aromatic carbocycles. The summed E-state index contributed by atoms with van der Waals surface area (Å²) in [4.78, 5) is 40.8. The molecule has 114 valence electrons. The molecule has 5 nitrogen and oxygen atoms in total. The van der Waals surface area contributed by atoms with Gasteiger partial charge in [0.25, 0.3) is 11.8 Å². The highest BCUT2D eigenvalue weighted by Gasteiger charge is 2.61. The molecule has 1 heterocycles. The summed E-state index contributed by atoms with van der Waals surface area (Å²) >= 11 is 6.68. The largest absolute Gasteiger partial charge is 0.339 e. The molecule has 5 fully saturated rings. The van der Waals surface area contributed by atoms with Crippen molar-refractivity contribution in [3.63, 3.8) is 0 Å². The predicted molar refractivity (Wildman–Crippen MR) is 72.9 cm³/mol. The summed E-state index contributed by atoms with van der Waals surface area (Å²) in [5, 5.41) is 0.668. The Morgan fingerprint density at radius 1 is 1.10 bits per heavy atom. The monoisotopic (exact) mass is 311 g/mol. The van der Waals surface area contributed by atoms with Crippen LogP contribution in [0, 0.1) is 17.3 Å². The molecule has 0 aromatic heterocycles. The second kappa shape index (κ2) is 4.22. The van der Waals surface area contributed by atoms with Crippen molar-refractivity contribution in [3.05, 3.63) is 0 Å². The van der Waals surface area contributed by atoms with Crippen LogP contribution < -0.4 is 0 Å². The Kier molecular flexibility index (Phi) is 2.72. The summed E-state index contributed by atoms with van der Waals surface area (Å²) in [6.07, 6.45) is 5.53. The van der Waals surface area contributed by atoms with Crippen LogP contribution in [0.3, 0.4) is 0 Å². The Morgan fingerprint density at radius 3 is 2.19 bits per heavy atom. The molecule has 5 aliphatic rings. The van der Waals surface area contributed by atoms with Crippen molar-refractivity contribution in [2.45, 2.75) is 56.2 Å². The number of hydroxylamine groups is 2. The van der Waals surface area contributed by atoms with E-state index in [4.69, 9.17) is 16.4 Å². The van der Waals surface area contributed by atoms with Gasteiger partial charge in [0, 0.05) is 17.7 Å². The van der Waals surface area contributed by atoms with Crippen molar-refractivity contribution in [2.24, 2.45) is 17.3 Å². The lowest BCUT2D eigenvalue weighted by Crippen LogP contribution is -2.57. The molecule has 1 aliphatic heterocycles. The molecule has 2 unspecified atom stereocenters. The van der Waals surface area contributed by atoms with Crippen LogP contribution >= 0.6 is 11.6 Å². The fourth-order valence-electron chi connectivity index (χ4n) is 5.23. The first-order valence-corrected chi connectivity index (χ1v) is 8.04. The van der Waals surface area contributed by atoms with Gasteiger partial charge in [-0.05, 0) is 50.4 Å². The van der Waals surface area contributed by atoms with Crippen LogP contribution in [-0.4, -0.2) is 27.7 Å². The van der Waals surface area contributed by atoms with E-state index in [1.54, 1.807) is 0 Å². The Bertz CT molecular complexity index is 516. The van der Waals surface area contributed by atoms with Crippen LogP contribution in [-0.2, 0) is 19.2 Å². The fraction of sp³-hybridized carbons (Fsp3) is 0.800. The van der Waals surface area contributed by atoms with Gasteiger partial charge in [-0.15, -0.1) is 16.7 Å². The maximum Gasteiger partial charge on any atom is 0.339 e. The normalized spacial score (nSPS) is 44.5. The molecule has 21 heavy (non-hydrogen) atoms. The number of alkyl halides is 1. The number of carbonyl (C=O) groups is 3. The predicted octanol–water partition coefficient (Wildman–Crippen LogP) is 2.17. The summed E-state index contributed by atoms with van der Waals surface area (Å²) in [5.41, 5.74) is -0.588. The Balaban J connectivity index is 1.57. The Hall–Kier alpha value is -1.10. The van der Waals surface area contributed by atoms with E-state index >= 15 is 0 Å². The topological polar surface area (TPSA) is 63.7 Å². The van der Waals surface area contributed by atoms with Crippen LogP contribution in [0.5, 0.6) is 0 Å². The zero-order valence-corrected chi connectivity index (χ0v) is 12.5. The first-order chi connectivity index (χ1) is 9.89. The van der Waals surface area contributed by atoms with Gasteiger partial charge >= 0.3 is 5.97 Å². The van der Waals surface area contributed by atoms with Crippen molar-refractivity contribution < 1.29 is 19.2 Å². The van der Waals surface area contributed by atoms with Gasteiger partial charge in [0.05, 0.1) is 5.41 Å². The number of carbonyl (C=O) groups excluding carboxylic acids is 3. The van der Waals surface area contributed by atoms with Gasteiger partial charge in [0.15, 0.2) is 0 Å². The summed E-state index contributed by atoms with van der Waals surface area (Å²) in [6.45, 7) is 0. The van der Waals surface area contributed by atoms with Crippen LogP contribution in [0.15, 0.2) is 0 Å². The SMILES string of the molecule is O=C1CCC(=O)N1OC(=O)C12CC3CC(CC(Cl)(C3)C1)C2. The summed E-state index contributed by atoms with van der Waals surface area (Å²) < 4.78 is 0. The van der Waals surface area contributed by atoms with E-state index in [9.17, 15) is 14.4 Å². The van der Waals surface area contributed by atoms with Crippen molar-refractivity contribution >= 4 is 29.4 Å². The minimum absolute atomic E-state index is 0.129. The Morgan fingerprint density at radius 2 is 1.67 bits per heavy atom. The third kappa shape index (κ3) is 2.00. The van der Waals surface area contributed by atoms with E-state index in [1.165, 1.54) is 0 Å². The van der Waals surface area contributed by atoms with Gasteiger partial charge in [-0.1, -0.05) is 0 Å². The highest BCUT2D eigenvalue weighted by molar-refractivity contribution is 6.24. The number of imide groups is 1. The molecular weight excluding hydrogens is 294 g/mol. The number of rotatable bonds is 2. The molecule has 0 spiro atoms. The lowest BCUT2D eigenvalue weighted by Gasteiger charge is -2.58. The molecule has 2 atom stereocenters. The first kappa shape index (κ1) is 13.6. The second-order valence-corrected chi connectivity index (χ2v) is 8.15. The zero-order valence-electron chi connectivity index (χ0n) is 11.8. The molecule has 0 aromatic rings. The van der Waals surface area contributed by atoms with Gasteiger partial charge in [-0.2, -0.15) is 0 Å². The third-order valence-corrected chi connectivity index (χ3v) is 6.04. The van der Waals surface area contributed by atoms with Gasteiger partial charge in [0.2, 0.25) is 0 Å². The van der Waals surface area contributed by atoms with E-state index in [0.717, 1.165) is 32.1 Å². The van der Waals surface area contributed by atoms with Crippen LogP contribution in [0.1, 0.15) is 51.4 Å². The lowest BCUT2D eigenvalue weighted by molar-refractivity contribution is -0.213. The number of hydrogen-bond acceptors (Lipinski definition) is 4. The quantitative estimate of drug-likeness (QED) is 0.579. The minimum atomic E-state index is -0.588. The maximum atomic E-state index is 12.7. The minimum Gasteiger partial charge on any atom is -0.330 e.